The quantitative estimate of drug-likeness (QED) is 0.498. The lowest BCUT2D eigenvalue weighted by atomic mass is 10.0. The Kier molecular flexibility index (Phi) is 6.07. The van der Waals surface area contributed by atoms with E-state index in [1.807, 2.05) is 0 Å². The minimum absolute atomic E-state index is 0.107. The topological polar surface area (TPSA) is 112 Å². The fourth-order valence-electron chi connectivity index (χ4n) is 3.51. The molecule has 0 spiro atoms. The summed E-state index contributed by atoms with van der Waals surface area (Å²) in [5.41, 5.74) is -1.90. The minimum Gasteiger partial charge on any atom is -0.478 e. The number of rotatable bonds is 6. The van der Waals surface area contributed by atoms with Gasteiger partial charge in [-0.05, 0) is 19.4 Å². The second kappa shape index (κ2) is 8.62. The number of ether oxygens (including phenoxy) is 2. The SMILES string of the molecule is C[C@@]1(NC(=O)c2nn3ccc(Oc4ncc(F)cc4OCC(F)(F)F)cc3c2F)CCS(=O)(=O)C1. The molecule has 4 heterocycles. The normalized spacial score (nSPS) is 19.6. The van der Waals surface area contributed by atoms with Crippen LogP contribution in [0.15, 0.2) is 30.6 Å². The van der Waals surface area contributed by atoms with E-state index in [2.05, 4.69) is 20.1 Å². The number of nitrogens with zero attached hydrogens (tertiary/aromatic N) is 3. The molecule has 0 unspecified atom stereocenters. The molecule has 0 radical (unpaired) electrons. The molecule has 15 heteroatoms. The van der Waals surface area contributed by atoms with Crippen molar-refractivity contribution in [1.82, 2.24) is 19.9 Å². The molecule has 1 amide bonds. The van der Waals surface area contributed by atoms with Gasteiger partial charge in [0.05, 0.1) is 23.2 Å². The Balaban J connectivity index is 1.58. The molecule has 1 saturated heterocycles. The summed E-state index contributed by atoms with van der Waals surface area (Å²) in [6.07, 6.45) is -2.62. The van der Waals surface area contributed by atoms with E-state index >= 15 is 4.39 Å². The highest BCUT2D eigenvalue weighted by Crippen LogP contribution is 2.32. The van der Waals surface area contributed by atoms with Crippen molar-refractivity contribution in [3.63, 3.8) is 0 Å². The summed E-state index contributed by atoms with van der Waals surface area (Å²) in [7, 11) is -3.32. The number of fused-ring (bicyclic) bond motifs is 1. The molecule has 1 aliphatic heterocycles. The molecule has 0 saturated carbocycles. The number of carbonyl (C=O) groups excluding carboxylic acids is 1. The molecule has 1 fully saturated rings. The molecule has 0 aromatic carbocycles. The molecule has 1 atom stereocenters. The van der Waals surface area contributed by atoms with Crippen molar-refractivity contribution in [2.45, 2.75) is 25.1 Å². The van der Waals surface area contributed by atoms with Gasteiger partial charge in [-0.25, -0.2) is 26.7 Å². The molecule has 3 aromatic rings. The maximum Gasteiger partial charge on any atom is 0.422 e. The molecular formula is C20H17F5N4O5S. The van der Waals surface area contributed by atoms with Crippen molar-refractivity contribution in [3.05, 3.63) is 47.9 Å². The van der Waals surface area contributed by atoms with E-state index in [1.54, 1.807) is 0 Å². The summed E-state index contributed by atoms with van der Waals surface area (Å²) in [6, 6.07) is 3.00. The van der Waals surface area contributed by atoms with E-state index < -0.39 is 63.0 Å². The van der Waals surface area contributed by atoms with Crippen LogP contribution in [0.25, 0.3) is 5.52 Å². The predicted octanol–water partition coefficient (Wildman–Crippen LogP) is 3.05. The maximum atomic E-state index is 15.0. The Hall–Kier alpha value is -3.49. The standard InChI is InChI=1S/C20H17F5N4O5S/c1-19(3-5-35(31,32)10-19)27-17(30)16-15(22)13-7-12(2-4-29(13)28-16)34-18-14(6-11(21)8-26-18)33-9-20(23,24)25/h2,4,6-8H,3,5,9-10H2,1H3,(H,27,30)/t19-/m1/s1. The number of pyridine rings is 2. The Labute approximate surface area is 194 Å². The van der Waals surface area contributed by atoms with Gasteiger partial charge >= 0.3 is 6.18 Å². The third kappa shape index (κ3) is 5.61. The van der Waals surface area contributed by atoms with Crippen molar-refractivity contribution in [1.29, 1.82) is 0 Å². The fourth-order valence-corrected chi connectivity index (χ4v) is 5.60. The molecule has 0 aliphatic carbocycles. The summed E-state index contributed by atoms with van der Waals surface area (Å²) in [6.45, 7) is -0.188. The monoisotopic (exact) mass is 520 g/mol. The predicted molar refractivity (Wildman–Crippen MR) is 110 cm³/mol. The molecule has 0 bridgehead atoms. The minimum atomic E-state index is -4.69. The van der Waals surface area contributed by atoms with E-state index in [4.69, 9.17) is 4.74 Å². The molecule has 35 heavy (non-hydrogen) atoms. The first-order chi connectivity index (χ1) is 16.2. The first kappa shape index (κ1) is 24.6. The van der Waals surface area contributed by atoms with Gasteiger partial charge in [0.1, 0.15) is 17.1 Å². The lowest BCUT2D eigenvalue weighted by molar-refractivity contribution is -0.153. The zero-order chi connectivity index (χ0) is 25.6. The van der Waals surface area contributed by atoms with Crippen LogP contribution < -0.4 is 14.8 Å². The molecule has 4 rings (SSSR count). The highest BCUT2D eigenvalue weighted by Gasteiger charge is 2.40. The maximum absolute atomic E-state index is 15.0. The van der Waals surface area contributed by atoms with Crippen LogP contribution in [0.1, 0.15) is 23.8 Å². The Morgan fingerprint density at radius 3 is 2.69 bits per heavy atom. The van der Waals surface area contributed by atoms with Gasteiger partial charge in [0.2, 0.25) is 0 Å². The van der Waals surface area contributed by atoms with Crippen molar-refractivity contribution < 1.29 is 44.6 Å². The highest BCUT2D eigenvalue weighted by atomic mass is 32.2. The van der Waals surface area contributed by atoms with Crippen LogP contribution in [-0.4, -0.2) is 58.8 Å². The number of amides is 1. The van der Waals surface area contributed by atoms with E-state index in [0.29, 0.717) is 12.3 Å². The summed E-state index contributed by atoms with van der Waals surface area (Å²) < 4.78 is 100. The number of hydrogen-bond acceptors (Lipinski definition) is 7. The van der Waals surface area contributed by atoms with Gasteiger partial charge in [-0.2, -0.15) is 18.3 Å². The Morgan fingerprint density at radius 2 is 2.03 bits per heavy atom. The molecular weight excluding hydrogens is 503 g/mol. The number of halogens is 5. The number of sulfone groups is 1. The van der Waals surface area contributed by atoms with Crippen LogP contribution in [0.3, 0.4) is 0 Å². The first-order valence-electron chi connectivity index (χ1n) is 9.97. The zero-order valence-corrected chi connectivity index (χ0v) is 18.7. The second-order valence-corrected chi connectivity index (χ2v) is 10.4. The van der Waals surface area contributed by atoms with Crippen molar-refractivity contribution in [3.8, 4) is 17.4 Å². The van der Waals surface area contributed by atoms with Crippen LogP contribution >= 0.6 is 0 Å². The Morgan fingerprint density at radius 1 is 1.29 bits per heavy atom. The van der Waals surface area contributed by atoms with Gasteiger partial charge in [0, 0.05) is 18.3 Å². The molecule has 9 nitrogen and oxygen atoms in total. The number of alkyl halides is 3. The average molecular weight is 520 g/mol. The van der Waals surface area contributed by atoms with E-state index in [1.165, 1.54) is 19.2 Å². The van der Waals surface area contributed by atoms with Crippen LogP contribution in [0, 0.1) is 11.6 Å². The molecule has 1 aliphatic rings. The van der Waals surface area contributed by atoms with Crippen LogP contribution in [0.2, 0.25) is 0 Å². The third-order valence-corrected chi connectivity index (χ3v) is 6.97. The van der Waals surface area contributed by atoms with E-state index in [9.17, 15) is 30.8 Å². The second-order valence-electron chi connectivity index (χ2n) is 8.17. The molecule has 1 N–H and O–H groups in total. The van der Waals surface area contributed by atoms with Gasteiger partial charge in [-0.1, -0.05) is 0 Å². The molecule has 188 valence electrons. The molecule has 3 aromatic heterocycles. The van der Waals surface area contributed by atoms with Crippen molar-refractivity contribution in [2.75, 3.05) is 18.1 Å². The van der Waals surface area contributed by atoms with Crippen molar-refractivity contribution >= 4 is 21.3 Å². The summed E-state index contributed by atoms with van der Waals surface area (Å²) in [5.74, 6) is -4.58. The van der Waals surface area contributed by atoms with Crippen LogP contribution in [0.5, 0.6) is 17.4 Å². The lowest BCUT2D eigenvalue weighted by Crippen LogP contribution is -2.47. The van der Waals surface area contributed by atoms with Gasteiger partial charge in [-0.15, -0.1) is 0 Å². The highest BCUT2D eigenvalue weighted by molar-refractivity contribution is 7.91. The fraction of sp³-hybridized carbons (Fsp3) is 0.350. The Bertz CT molecular complexity index is 1410. The summed E-state index contributed by atoms with van der Waals surface area (Å²) in [4.78, 5) is 16.2. The van der Waals surface area contributed by atoms with Gasteiger partial charge in [-0.3, -0.25) is 4.79 Å². The van der Waals surface area contributed by atoms with Gasteiger partial charge < -0.3 is 14.8 Å². The van der Waals surface area contributed by atoms with Gasteiger partial charge in [0.25, 0.3) is 11.8 Å². The summed E-state index contributed by atoms with van der Waals surface area (Å²) >= 11 is 0. The number of nitrogens with one attached hydrogen (secondary N) is 1. The lowest BCUT2D eigenvalue weighted by Gasteiger charge is -2.23. The third-order valence-electron chi connectivity index (χ3n) is 5.07. The zero-order valence-electron chi connectivity index (χ0n) is 17.9. The average Bonchev–Trinajstić information content (AvgIpc) is 3.22. The number of hydrogen-bond donors (Lipinski definition) is 1. The van der Waals surface area contributed by atoms with E-state index in [0.717, 1.165) is 10.6 Å². The smallest absolute Gasteiger partial charge is 0.422 e. The summed E-state index contributed by atoms with van der Waals surface area (Å²) in [5, 5.41) is 6.37. The van der Waals surface area contributed by atoms with Crippen LogP contribution in [0.4, 0.5) is 22.0 Å². The van der Waals surface area contributed by atoms with Gasteiger partial charge in [0.15, 0.2) is 33.7 Å². The first-order valence-corrected chi connectivity index (χ1v) is 11.8. The van der Waals surface area contributed by atoms with Crippen molar-refractivity contribution in [2.24, 2.45) is 0 Å². The van der Waals surface area contributed by atoms with E-state index in [-0.39, 0.29) is 29.2 Å². The number of carbonyl (C=O) groups is 1. The van der Waals surface area contributed by atoms with Crippen LogP contribution in [-0.2, 0) is 9.84 Å². The number of aromatic nitrogens is 3. The largest absolute Gasteiger partial charge is 0.478 e.